The average molecular weight is 437 g/mol. The second-order valence-electron chi connectivity index (χ2n) is 4.50. The third kappa shape index (κ3) is 6.15. The average Bonchev–Trinajstić information content (AvgIpc) is 2.01. The van der Waals surface area contributed by atoms with E-state index in [1.54, 1.807) is 22.6 Å². The molecule has 0 aliphatic heterocycles. The highest BCUT2D eigenvalue weighted by Crippen LogP contribution is 2.20. The van der Waals surface area contributed by atoms with Gasteiger partial charge < -0.3 is 0 Å². The van der Waals surface area contributed by atoms with Gasteiger partial charge in [-0.15, -0.1) is 0 Å². The fraction of sp³-hybridized carbons (Fsp3) is 0.800. The van der Waals surface area contributed by atoms with E-state index in [9.17, 15) is 9.59 Å². The zero-order valence-corrected chi connectivity index (χ0v) is 13.8. The van der Waals surface area contributed by atoms with Gasteiger partial charge in [-0.2, -0.15) is 0 Å². The Bertz CT molecular complexity index is 248. The van der Waals surface area contributed by atoms with Crippen molar-refractivity contribution >= 4 is 52.8 Å². The summed E-state index contributed by atoms with van der Waals surface area (Å²) in [6, 6.07) is -0.163. The Morgan fingerprint density at radius 1 is 1.27 bits per heavy atom. The molecule has 0 rings (SSSR count). The minimum absolute atomic E-state index is 0.0557. The van der Waals surface area contributed by atoms with Crippen molar-refractivity contribution in [3.63, 3.8) is 0 Å². The molecule has 5 heteroatoms. The number of carbonyl (C=O) groups is 2. The van der Waals surface area contributed by atoms with Crippen LogP contribution in [0.5, 0.6) is 0 Å². The first kappa shape index (κ1) is 15.8. The second kappa shape index (κ2) is 6.48. The number of carbonyl (C=O) groups excluding carboxylic acids is 2. The summed E-state index contributed by atoms with van der Waals surface area (Å²) >= 11 is 3.58. The third-order valence-electron chi connectivity index (χ3n) is 2.40. The van der Waals surface area contributed by atoms with Crippen molar-refractivity contribution in [1.82, 2.24) is 4.90 Å². The molecule has 0 bridgehead atoms. The molecule has 0 aliphatic rings. The Labute approximate surface area is 119 Å². The Kier molecular flexibility index (Phi) is 6.81. The van der Waals surface area contributed by atoms with Crippen LogP contribution in [-0.2, 0) is 9.59 Å². The van der Waals surface area contributed by atoms with E-state index in [-0.39, 0.29) is 19.2 Å². The second-order valence-corrected chi connectivity index (χ2v) is 6.76. The van der Waals surface area contributed by atoms with Crippen molar-refractivity contribution in [2.75, 3.05) is 7.05 Å². The molecule has 0 N–H and O–H groups in total. The van der Waals surface area contributed by atoms with E-state index in [1.165, 1.54) is 0 Å². The first-order valence-corrected chi connectivity index (χ1v) is 6.92. The van der Waals surface area contributed by atoms with Crippen LogP contribution in [0.15, 0.2) is 0 Å². The molecule has 0 radical (unpaired) electrons. The lowest BCUT2D eigenvalue weighted by Gasteiger charge is -2.37. The van der Waals surface area contributed by atoms with E-state index in [0.29, 0.717) is 12.8 Å². The highest BCUT2D eigenvalue weighted by atomic mass is 127. The molecule has 1 unspecified atom stereocenters. The van der Waals surface area contributed by atoms with Gasteiger partial charge in [-0.05, 0) is 56.8 Å². The van der Waals surface area contributed by atoms with Gasteiger partial charge in [-0.3, -0.25) is 14.5 Å². The number of rotatable bonds is 5. The van der Waals surface area contributed by atoms with Crippen LogP contribution in [0.1, 0.15) is 33.6 Å². The Morgan fingerprint density at radius 2 is 1.73 bits per heavy atom. The van der Waals surface area contributed by atoms with Crippen LogP contribution >= 0.6 is 45.2 Å². The molecular weight excluding hydrogens is 420 g/mol. The minimum atomic E-state index is -0.163. The lowest BCUT2D eigenvalue weighted by molar-refractivity contribution is -0.116. The fourth-order valence-electron chi connectivity index (χ4n) is 1.18. The molecule has 0 amide bonds. The van der Waals surface area contributed by atoms with Crippen molar-refractivity contribution in [3.05, 3.63) is 0 Å². The van der Waals surface area contributed by atoms with Gasteiger partial charge in [0.1, 0.15) is 0 Å². The van der Waals surface area contributed by atoms with Crippen LogP contribution < -0.4 is 0 Å². The Balaban J connectivity index is 4.53. The zero-order chi connectivity index (χ0) is 12.2. The van der Waals surface area contributed by atoms with Crippen LogP contribution in [0.2, 0.25) is 0 Å². The summed E-state index contributed by atoms with van der Waals surface area (Å²) in [5, 5.41) is 0. The molecule has 88 valence electrons. The SMILES string of the molecule is CN(C(CCC(=O)I)C(=O)I)C(C)(C)C. The summed E-state index contributed by atoms with van der Waals surface area (Å²) in [6.45, 7) is 6.18. The van der Waals surface area contributed by atoms with Gasteiger partial charge in [0.05, 0.1) is 6.04 Å². The molecule has 0 saturated heterocycles. The Morgan fingerprint density at radius 3 is 2.00 bits per heavy atom. The number of hydrogen-bond acceptors (Lipinski definition) is 3. The van der Waals surface area contributed by atoms with Gasteiger partial charge in [0.15, 0.2) is 3.79 Å². The van der Waals surface area contributed by atoms with Gasteiger partial charge in [-0.1, -0.05) is 0 Å². The maximum absolute atomic E-state index is 11.5. The summed E-state index contributed by atoms with van der Waals surface area (Å²) in [4.78, 5) is 24.4. The van der Waals surface area contributed by atoms with E-state index in [0.717, 1.165) is 0 Å². The van der Waals surface area contributed by atoms with Crippen molar-refractivity contribution < 1.29 is 9.59 Å². The maximum atomic E-state index is 11.5. The topological polar surface area (TPSA) is 37.4 Å². The quantitative estimate of drug-likeness (QED) is 0.491. The summed E-state index contributed by atoms with van der Waals surface area (Å²) in [5.41, 5.74) is -0.0557. The first-order valence-electron chi connectivity index (χ1n) is 4.77. The van der Waals surface area contributed by atoms with Crippen molar-refractivity contribution in [2.24, 2.45) is 0 Å². The first-order chi connectivity index (χ1) is 6.66. The van der Waals surface area contributed by atoms with E-state index in [1.807, 2.05) is 34.5 Å². The highest BCUT2D eigenvalue weighted by molar-refractivity contribution is 14.1. The fourth-order valence-corrected chi connectivity index (χ4v) is 2.22. The van der Waals surface area contributed by atoms with Gasteiger partial charge in [0.25, 0.3) is 0 Å². The minimum Gasteiger partial charge on any atom is -0.291 e. The van der Waals surface area contributed by atoms with Crippen molar-refractivity contribution in [3.8, 4) is 0 Å². The molecule has 3 nitrogen and oxygen atoms in total. The summed E-state index contributed by atoms with van der Waals surface area (Å²) in [7, 11) is 1.93. The van der Waals surface area contributed by atoms with Gasteiger partial charge >= 0.3 is 0 Å². The van der Waals surface area contributed by atoms with Gasteiger partial charge in [0, 0.05) is 34.6 Å². The predicted octanol–water partition coefficient (Wildman–Crippen LogP) is 2.79. The third-order valence-corrected chi connectivity index (χ3v) is 3.66. The van der Waals surface area contributed by atoms with Crippen LogP contribution in [0, 0.1) is 0 Å². The summed E-state index contributed by atoms with van der Waals surface area (Å²) in [5.74, 6) is 0. The van der Waals surface area contributed by atoms with Crippen LogP contribution in [0.25, 0.3) is 0 Å². The van der Waals surface area contributed by atoms with E-state index >= 15 is 0 Å². The molecule has 0 spiro atoms. The molecular formula is C10H17I2NO2. The lowest BCUT2D eigenvalue weighted by atomic mass is 10.0. The number of nitrogens with zero attached hydrogens (tertiary/aromatic N) is 1. The normalized spacial score (nSPS) is 14.1. The summed E-state index contributed by atoms with van der Waals surface area (Å²) in [6.07, 6.45) is 1.07. The summed E-state index contributed by atoms with van der Waals surface area (Å²) < 4.78 is 0.209. The molecule has 0 aromatic heterocycles. The molecule has 0 aliphatic carbocycles. The van der Waals surface area contributed by atoms with Gasteiger partial charge in [0.2, 0.25) is 3.79 Å². The molecule has 0 heterocycles. The number of hydrogen-bond donors (Lipinski definition) is 0. The number of halogens is 2. The molecule has 15 heavy (non-hydrogen) atoms. The number of likely N-dealkylation sites (N-methyl/N-ethyl adjacent to an activating group) is 1. The smallest absolute Gasteiger partial charge is 0.209 e. The van der Waals surface area contributed by atoms with Crippen LogP contribution in [0.3, 0.4) is 0 Å². The van der Waals surface area contributed by atoms with E-state index in [2.05, 4.69) is 20.8 Å². The van der Waals surface area contributed by atoms with E-state index in [4.69, 9.17) is 0 Å². The molecule has 0 saturated carbocycles. The maximum Gasteiger partial charge on any atom is 0.209 e. The molecule has 0 aromatic rings. The van der Waals surface area contributed by atoms with Crippen LogP contribution in [0.4, 0.5) is 0 Å². The largest absolute Gasteiger partial charge is 0.291 e. The molecule has 0 aromatic carbocycles. The Hall–Kier alpha value is 0.760. The zero-order valence-electron chi connectivity index (χ0n) is 9.51. The monoisotopic (exact) mass is 437 g/mol. The van der Waals surface area contributed by atoms with Crippen molar-refractivity contribution in [1.29, 1.82) is 0 Å². The molecule has 1 atom stereocenters. The van der Waals surface area contributed by atoms with Crippen molar-refractivity contribution in [2.45, 2.75) is 45.2 Å². The van der Waals surface area contributed by atoms with Gasteiger partial charge in [-0.25, -0.2) is 0 Å². The molecule has 0 fully saturated rings. The standard InChI is InChI=1S/C10H17I2NO2/c1-10(2,3)13(4)7(9(12)15)5-6-8(11)14/h7H,5-6H2,1-4H3. The lowest BCUT2D eigenvalue weighted by Crippen LogP contribution is -2.47. The van der Waals surface area contributed by atoms with E-state index < -0.39 is 0 Å². The van der Waals surface area contributed by atoms with Crippen LogP contribution in [-0.4, -0.2) is 31.1 Å². The predicted molar refractivity (Wildman–Crippen MR) is 78.6 cm³/mol. The highest BCUT2D eigenvalue weighted by Gasteiger charge is 2.29.